The number of carbonyl (C=O) groups is 2. The van der Waals surface area contributed by atoms with Crippen molar-refractivity contribution in [3.63, 3.8) is 0 Å². The van der Waals surface area contributed by atoms with Crippen LogP contribution in [0.3, 0.4) is 0 Å². The Morgan fingerprint density at radius 1 is 1.43 bits per heavy atom. The fourth-order valence-electron chi connectivity index (χ4n) is 2.03. The van der Waals surface area contributed by atoms with Crippen LogP contribution in [-0.2, 0) is 11.3 Å². The maximum Gasteiger partial charge on any atom is 0.358 e. The van der Waals surface area contributed by atoms with Crippen molar-refractivity contribution in [1.29, 1.82) is 0 Å². The fourth-order valence-corrected chi connectivity index (χ4v) is 2.03. The molecule has 8 heteroatoms. The van der Waals surface area contributed by atoms with Crippen molar-refractivity contribution in [1.82, 2.24) is 20.3 Å². The largest absolute Gasteiger partial charge is 0.494 e. The molecule has 23 heavy (non-hydrogen) atoms. The molecule has 2 rings (SSSR count). The number of ether oxygens (including phenoxy) is 1. The highest BCUT2D eigenvalue weighted by Crippen LogP contribution is 2.19. The third-order valence-corrected chi connectivity index (χ3v) is 3.11. The standard InChI is InChI=1S/C15H18N4O4/c1-3-23-12-6-4-5-11(7-12)10(2)16-14(20)9-19-8-13(15(21)22)17-18-19/h4-8,10H,3,9H2,1-2H3,(H,16,20)(H,21,22). The topological polar surface area (TPSA) is 106 Å². The van der Waals surface area contributed by atoms with Gasteiger partial charge in [0, 0.05) is 0 Å². The SMILES string of the molecule is CCOc1cccc(C(C)NC(=O)Cn2cc(C(=O)O)nn2)c1. The van der Waals surface area contributed by atoms with Crippen LogP contribution in [0.25, 0.3) is 0 Å². The highest BCUT2D eigenvalue weighted by molar-refractivity contribution is 5.84. The summed E-state index contributed by atoms with van der Waals surface area (Å²) in [4.78, 5) is 22.7. The number of rotatable bonds is 7. The maximum atomic E-state index is 12.0. The molecule has 1 amide bonds. The zero-order valence-electron chi connectivity index (χ0n) is 12.9. The number of nitrogens with one attached hydrogen (secondary N) is 1. The van der Waals surface area contributed by atoms with Crippen LogP contribution in [0.1, 0.15) is 35.9 Å². The second-order valence-electron chi connectivity index (χ2n) is 4.90. The molecule has 0 radical (unpaired) electrons. The van der Waals surface area contributed by atoms with Gasteiger partial charge in [0.1, 0.15) is 12.3 Å². The summed E-state index contributed by atoms with van der Waals surface area (Å²) in [5, 5.41) is 18.6. The summed E-state index contributed by atoms with van der Waals surface area (Å²) in [5.41, 5.74) is 0.712. The number of amides is 1. The number of aromatic carboxylic acids is 1. The lowest BCUT2D eigenvalue weighted by atomic mass is 10.1. The zero-order valence-corrected chi connectivity index (χ0v) is 12.9. The number of benzene rings is 1. The predicted octanol–water partition coefficient (Wildman–Crippen LogP) is 1.25. The van der Waals surface area contributed by atoms with Crippen molar-refractivity contribution < 1.29 is 19.4 Å². The molecular weight excluding hydrogens is 300 g/mol. The maximum absolute atomic E-state index is 12.0. The number of hydrogen-bond donors (Lipinski definition) is 2. The van der Waals surface area contributed by atoms with Crippen LogP contribution < -0.4 is 10.1 Å². The lowest BCUT2D eigenvalue weighted by molar-refractivity contribution is -0.122. The molecule has 2 N–H and O–H groups in total. The van der Waals surface area contributed by atoms with Crippen LogP contribution >= 0.6 is 0 Å². The molecule has 1 atom stereocenters. The third kappa shape index (κ3) is 4.53. The van der Waals surface area contributed by atoms with Crippen molar-refractivity contribution in [3.8, 4) is 5.75 Å². The monoisotopic (exact) mass is 318 g/mol. The molecule has 0 bridgehead atoms. The van der Waals surface area contributed by atoms with Crippen molar-refractivity contribution in [2.45, 2.75) is 26.4 Å². The second-order valence-corrected chi connectivity index (χ2v) is 4.90. The van der Waals surface area contributed by atoms with Crippen LogP contribution in [0, 0.1) is 0 Å². The van der Waals surface area contributed by atoms with Gasteiger partial charge in [-0.3, -0.25) is 4.79 Å². The highest BCUT2D eigenvalue weighted by atomic mass is 16.5. The molecule has 2 aromatic rings. The van der Waals surface area contributed by atoms with Gasteiger partial charge in [-0.25, -0.2) is 9.48 Å². The van der Waals surface area contributed by atoms with E-state index in [-0.39, 0.29) is 24.2 Å². The Bertz CT molecular complexity index is 698. The van der Waals surface area contributed by atoms with Crippen molar-refractivity contribution in [2.75, 3.05) is 6.61 Å². The summed E-state index contributed by atoms with van der Waals surface area (Å²) in [6.45, 7) is 4.23. The van der Waals surface area contributed by atoms with Crippen LogP contribution in [0.15, 0.2) is 30.5 Å². The molecule has 0 fully saturated rings. The van der Waals surface area contributed by atoms with Gasteiger partial charge in [-0.05, 0) is 31.5 Å². The number of nitrogens with zero attached hydrogens (tertiary/aromatic N) is 3. The predicted molar refractivity (Wildman–Crippen MR) is 81.2 cm³/mol. The molecular formula is C15H18N4O4. The summed E-state index contributed by atoms with van der Waals surface area (Å²) in [5.74, 6) is -0.729. The van der Waals surface area contributed by atoms with Crippen molar-refractivity contribution >= 4 is 11.9 Å². The minimum Gasteiger partial charge on any atom is -0.494 e. The zero-order chi connectivity index (χ0) is 16.8. The van der Waals surface area contributed by atoms with E-state index in [1.54, 1.807) is 0 Å². The van der Waals surface area contributed by atoms with Gasteiger partial charge in [0.15, 0.2) is 5.69 Å². The molecule has 0 saturated carbocycles. The minimum atomic E-state index is -1.18. The summed E-state index contributed by atoms with van der Waals surface area (Å²) >= 11 is 0. The lowest BCUT2D eigenvalue weighted by Crippen LogP contribution is -2.30. The fraction of sp³-hybridized carbons (Fsp3) is 0.333. The third-order valence-electron chi connectivity index (χ3n) is 3.11. The molecule has 8 nitrogen and oxygen atoms in total. The summed E-state index contributed by atoms with van der Waals surface area (Å²) < 4.78 is 6.61. The summed E-state index contributed by atoms with van der Waals surface area (Å²) in [6, 6.07) is 7.26. The summed E-state index contributed by atoms with van der Waals surface area (Å²) in [6.07, 6.45) is 1.21. The first-order valence-electron chi connectivity index (χ1n) is 7.15. The van der Waals surface area contributed by atoms with E-state index < -0.39 is 5.97 Å². The quantitative estimate of drug-likeness (QED) is 0.796. The average molecular weight is 318 g/mol. The van der Waals surface area contributed by atoms with E-state index in [9.17, 15) is 9.59 Å². The van der Waals surface area contributed by atoms with Gasteiger partial charge in [0.05, 0.1) is 18.8 Å². The van der Waals surface area contributed by atoms with Gasteiger partial charge in [-0.2, -0.15) is 0 Å². The lowest BCUT2D eigenvalue weighted by Gasteiger charge is -2.15. The molecule has 1 aromatic heterocycles. The van der Waals surface area contributed by atoms with Gasteiger partial charge in [0.2, 0.25) is 5.91 Å². The minimum absolute atomic E-state index is 0.101. The van der Waals surface area contributed by atoms with E-state index in [0.29, 0.717) is 6.61 Å². The van der Waals surface area contributed by atoms with Gasteiger partial charge in [-0.1, -0.05) is 17.3 Å². The van der Waals surface area contributed by atoms with E-state index in [0.717, 1.165) is 11.3 Å². The smallest absolute Gasteiger partial charge is 0.358 e. The van der Waals surface area contributed by atoms with Crippen LogP contribution in [0.2, 0.25) is 0 Å². The normalized spacial score (nSPS) is 11.7. The number of hydrogen-bond acceptors (Lipinski definition) is 5. The molecule has 1 heterocycles. The Morgan fingerprint density at radius 2 is 2.22 bits per heavy atom. The van der Waals surface area contributed by atoms with E-state index in [4.69, 9.17) is 9.84 Å². The first-order chi connectivity index (χ1) is 11.0. The average Bonchev–Trinajstić information content (AvgIpc) is 2.96. The molecule has 0 saturated heterocycles. The Kier molecular flexibility index (Phi) is 5.29. The molecule has 1 unspecified atom stereocenters. The molecule has 0 aliphatic carbocycles. The highest BCUT2D eigenvalue weighted by Gasteiger charge is 2.13. The summed E-state index contributed by atoms with van der Waals surface area (Å²) in [7, 11) is 0. The van der Waals surface area contributed by atoms with Gasteiger partial charge < -0.3 is 15.2 Å². The van der Waals surface area contributed by atoms with Gasteiger partial charge >= 0.3 is 5.97 Å². The first-order valence-corrected chi connectivity index (χ1v) is 7.15. The number of carbonyl (C=O) groups excluding carboxylic acids is 1. The molecule has 0 aliphatic rings. The Balaban J connectivity index is 1.96. The van der Waals surface area contributed by atoms with Gasteiger partial charge in [0.25, 0.3) is 0 Å². The van der Waals surface area contributed by atoms with Crippen LogP contribution in [-0.4, -0.2) is 38.6 Å². The van der Waals surface area contributed by atoms with E-state index in [1.165, 1.54) is 10.9 Å². The Morgan fingerprint density at radius 3 is 2.87 bits per heavy atom. The van der Waals surface area contributed by atoms with Crippen molar-refractivity contribution in [2.24, 2.45) is 0 Å². The second kappa shape index (κ2) is 7.39. The van der Waals surface area contributed by atoms with E-state index >= 15 is 0 Å². The van der Waals surface area contributed by atoms with E-state index in [1.807, 2.05) is 38.1 Å². The number of carboxylic acid groups (broad SMARTS) is 1. The van der Waals surface area contributed by atoms with Gasteiger partial charge in [-0.15, -0.1) is 5.10 Å². The van der Waals surface area contributed by atoms with Crippen LogP contribution in [0.4, 0.5) is 0 Å². The number of carboxylic acids is 1. The Labute approximate surface area is 133 Å². The molecule has 0 spiro atoms. The molecule has 122 valence electrons. The first kappa shape index (κ1) is 16.5. The van der Waals surface area contributed by atoms with Crippen molar-refractivity contribution in [3.05, 3.63) is 41.7 Å². The molecule has 1 aromatic carbocycles. The molecule has 0 aliphatic heterocycles. The Hall–Kier alpha value is -2.90. The van der Waals surface area contributed by atoms with E-state index in [2.05, 4.69) is 15.6 Å². The van der Waals surface area contributed by atoms with Crippen LogP contribution in [0.5, 0.6) is 5.75 Å². The number of aromatic nitrogens is 3.